The number of rotatable bonds is 7. The lowest BCUT2D eigenvalue weighted by Crippen LogP contribution is -2.36. The fourth-order valence-corrected chi connectivity index (χ4v) is 3.13. The van der Waals surface area contributed by atoms with Crippen LogP contribution in [-0.2, 0) is 0 Å². The minimum absolute atomic E-state index is 0.352. The van der Waals surface area contributed by atoms with Gasteiger partial charge in [-0.2, -0.15) is 0 Å². The van der Waals surface area contributed by atoms with Gasteiger partial charge in [0, 0.05) is 16.8 Å². The Morgan fingerprint density at radius 2 is 1.57 bits per heavy atom. The van der Waals surface area contributed by atoms with Crippen LogP contribution in [0, 0.1) is 0 Å². The normalized spacial score (nSPS) is 12.9. The number of unbranched alkanes of at least 4 members (excludes halogenated alkanes) is 4. The third-order valence-corrected chi connectivity index (χ3v) is 4.22. The van der Waals surface area contributed by atoms with E-state index in [4.69, 9.17) is 0 Å². The molecule has 2 aromatic rings. The summed E-state index contributed by atoms with van der Waals surface area (Å²) in [6, 6.07) is 13.0. The van der Waals surface area contributed by atoms with Crippen LogP contribution in [0.15, 0.2) is 49.1 Å². The highest BCUT2D eigenvalue weighted by molar-refractivity contribution is 6.67. The monoisotopic (exact) mass is 278 g/mol. The average molecular weight is 278 g/mol. The average Bonchev–Trinajstić information content (AvgIpc) is 2.51. The van der Waals surface area contributed by atoms with Crippen LogP contribution in [0.2, 0.25) is 6.32 Å². The van der Waals surface area contributed by atoms with Crippen molar-refractivity contribution in [2.45, 2.75) is 38.4 Å². The maximum atomic E-state index is 3.77. The quantitative estimate of drug-likeness (QED) is 0.408. The molecule has 3 rings (SSSR count). The van der Waals surface area contributed by atoms with Gasteiger partial charge in [-0.25, -0.2) is 0 Å². The van der Waals surface area contributed by atoms with Gasteiger partial charge in [0.15, 0.2) is 0 Å². The van der Waals surface area contributed by atoms with Gasteiger partial charge >= 0.3 is 6.98 Å². The van der Waals surface area contributed by atoms with Crippen LogP contribution in [0.25, 0.3) is 10.8 Å². The Kier molecular flexibility index (Phi) is 4.49. The molecule has 108 valence electrons. The van der Waals surface area contributed by atoms with Gasteiger partial charge < -0.3 is 10.5 Å². The van der Waals surface area contributed by atoms with Crippen LogP contribution in [0.1, 0.15) is 32.1 Å². The number of benzene rings is 2. The van der Waals surface area contributed by atoms with Crippen LogP contribution in [0.5, 0.6) is 0 Å². The fraction of sp³-hybridized carbons (Fsp3) is 0.333. The van der Waals surface area contributed by atoms with Gasteiger partial charge in [-0.05, 0) is 36.7 Å². The molecule has 0 spiro atoms. The first-order valence-corrected chi connectivity index (χ1v) is 8.04. The zero-order chi connectivity index (χ0) is 14.5. The summed E-state index contributed by atoms with van der Waals surface area (Å²) >= 11 is 0. The van der Waals surface area contributed by atoms with E-state index in [9.17, 15) is 0 Å². The van der Waals surface area contributed by atoms with Crippen molar-refractivity contribution in [2.24, 2.45) is 0 Å². The molecule has 0 fully saturated rings. The first-order chi connectivity index (χ1) is 10.4. The molecular formula is C18H23BN2. The van der Waals surface area contributed by atoms with E-state index in [1.54, 1.807) is 0 Å². The molecule has 1 aliphatic rings. The van der Waals surface area contributed by atoms with Crippen molar-refractivity contribution in [3.05, 3.63) is 49.1 Å². The first kappa shape index (κ1) is 14.1. The largest absolute Gasteiger partial charge is 0.409 e. The first-order valence-electron chi connectivity index (χ1n) is 8.04. The molecule has 2 nitrogen and oxygen atoms in total. The van der Waals surface area contributed by atoms with Crippen molar-refractivity contribution in [1.29, 1.82) is 0 Å². The van der Waals surface area contributed by atoms with Crippen LogP contribution < -0.4 is 10.5 Å². The van der Waals surface area contributed by atoms with Crippen molar-refractivity contribution in [2.75, 3.05) is 10.5 Å². The number of hydrogen-bond acceptors (Lipinski definition) is 2. The zero-order valence-electron chi connectivity index (χ0n) is 12.6. The van der Waals surface area contributed by atoms with Crippen molar-refractivity contribution >= 4 is 29.1 Å². The Balaban J connectivity index is 1.58. The van der Waals surface area contributed by atoms with Gasteiger partial charge in [0.2, 0.25) is 0 Å². The molecule has 2 aromatic carbocycles. The highest BCUT2D eigenvalue weighted by atomic mass is 15.0. The number of hydrogen-bond donors (Lipinski definition) is 2. The number of nitrogens with one attached hydrogen (secondary N) is 2. The maximum Gasteiger partial charge on any atom is 0.370 e. The summed E-state index contributed by atoms with van der Waals surface area (Å²) in [5.41, 5.74) is 2.53. The summed E-state index contributed by atoms with van der Waals surface area (Å²) in [4.78, 5) is 0. The molecule has 0 saturated carbocycles. The molecule has 0 radical (unpaired) electrons. The molecule has 0 aromatic heterocycles. The van der Waals surface area contributed by atoms with Gasteiger partial charge in [-0.1, -0.05) is 49.6 Å². The number of anilines is 2. The second-order valence-corrected chi connectivity index (χ2v) is 5.83. The second-order valence-electron chi connectivity index (χ2n) is 5.83. The van der Waals surface area contributed by atoms with E-state index in [0.717, 1.165) is 6.42 Å². The van der Waals surface area contributed by atoms with Crippen LogP contribution in [0.4, 0.5) is 11.4 Å². The van der Waals surface area contributed by atoms with E-state index in [1.165, 1.54) is 54.2 Å². The van der Waals surface area contributed by atoms with Crippen LogP contribution >= 0.6 is 0 Å². The standard InChI is InChI=1S/C18H23BN2/c1-2-3-4-5-6-7-14-19-20-16-12-8-10-15-11-9-13-17(21-19)18(15)16/h2,8-13,20-21H,1,3-7,14H2. The summed E-state index contributed by atoms with van der Waals surface area (Å²) in [6.07, 6.45) is 9.48. The predicted molar refractivity (Wildman–Crippen MR) is 95.0 cm³/mol. The minimum Gasteiger partial charge on any atom is -0.409 e. The summed E-state index contributed by atoms with van der Waals surface area (Å²) in [5.74, 6) is 0. The van der Waals surface area contributed by atoms with Crippen LogP contribution in [0.3, 0.4) is 0 Å². The molecule has 3 heteroatoms. The van der Waals surface area contributed by atoms with E-state index in [0.29, 0.717) is 6.98 Å². The van der Waals surface area contributed by atoms with Gasteiger partial charge in [0.1, 0.15) is 0 Å². The van der Waals surface area contributed by atoms with Crippen LogP contribution in [-0.4, -0.2) is 6.98 Å². The molecule has 1 aliphatic heterocycles. The fourth-order valence-electron chi connectivity index (χ4n) is 3.13. The molecule has 0 atom stereocenters. The molecule has 2 N–H and O–H groups in total. The molecule has 0 bridgehead atoms. The van der Waals surface area contributed by atoms with Gasteiger partial charge in [-0.15, -0.1) is 6.58 Å². The molecule has 0 aliphatic carbocycles. The Bertz CT molecular complexity index is 583. The third-order valence-electron chi connectivity index (χ3n) is 4.22. The smallest absolute Gasteiger partial charge is 0.370 e. The SMILES string of the molecule is C=CCCCCCCB1Nc2cccc3cccc(c23)N1. The van der Waals surface area contributed by atoms with Gasteiger partial charge in [0.25, 0.3) is 0 Å². The molecule has 0 unspecified atom stereocenters. The zero-order valence-corrected chi connectivity index (χ0v) is 12.6. The van der Waals surface area contributed by atoms with E-state index in [-0.39, 0.29) is 0 Å². The lowest BCUT2D eigenvalue weighted by Gasteiger charge is -2.26. The van der Waals surface area contributed by atoms with Crippen molar-refractivity contribution < 1.29 is 0 Å². The Labute approximate surface area is 127 Å². The van der Waals surface area contributed by atoms with E-state index < -0.39 is 0 Å². The van der Waals surface area contributed by atoms with Crippen molar-refractivity contribution in [1.82, 2.24) is 0 Å². The lowest BCUT2D eigenvalue weighted by molar-refractivity contribution is 0.672. The van der Waals surface area contributed by atoms with Gasteiger partial charge in [-0.3, -0.25) is 0 Å². The topological polar surface area (TPSA) is 24.1 Å². The van der Waals surface area contributed by atoms with Gasteiger partial charge in [0.05, 0.1) is 0 Å². The summed E-state index contributed by atoms with van der Waals surface area (Å²) in [6.45, 7) is 4.12. The predicted octanol–water partition coefficient (Wildman–Crippen LogP) is 5.30. The second kappa shape index (κ2) is 6.71. The number of allylic oxidation sites excluding steroid dienone is 1. The highest BCUT2D eigenvalue weighted by Gasteiger charge is 2.22. The summed E-state index contributed by atoms with van der Waals surface area (Å²) in [7, 11) is 0. The summed E-state index contributed by atoms with van der Waals surface area (Å²) in [5, 5.41) is 9.89. The Morgan fingerprint density at radius 3 is 2.24 bits per heavy atom. The van der Waals surface area contributed by atoms with Crippen molar-refractivity contribution in [3.8, 4) is 0 Å². The van der Waals surface area contributed by atoms with E-state index >= 15 is 0 Å². The molecule has 0 amide bonds. The lowest BCUT2D eigenvalue weighted by atomic mass is 9.68. The Hall–Kier alpha value is -1.90. The highest BCUT2D eigenvalue weighted by Crippen LogP contribution is 2.34. The molecule has 0 saturated heterocycles. The van der Waals surface area contributed by atoms with E-state index in [2.05, 4.69) is 53.4 Å². The summed E-state index contributed by atoms with van der Waals surface area (Å²) < 4.78 is 0. The Morgan fingerprint density at radius 1 is 0.905 bits per heavy atom. The maximum absolute atomic E-state index is 3.77. The van der Waals surface area contributed by atoms with Crippen molar-refractivity contribution in [3.63, 3.8) is 0 Å². The minimum atomic E-state index is 0.352. The van der Waals surface area contributed by atoms with E-state index in [1.807, 2.05) is 6.08 Å². The molecule has 1 heterocycles. The third kappa shape index (κ3) is 3.23. The molecule has 21 heavy (non-hydrogen) atoms. The molecular weight excluding hydrogens is 255 g/mol.